The predicted molar refractivity (Wildman–Crippen MR) is 92.0 cm³/mol. The lowest BCUT2D eigenvalue weighted by Crippen LogP contribution is -2.13. The molecule has 0 amide bonds. The zero-order valence-corrected chi connectivity index (χ0v) is 13.7. The van der Waals surface area contributed by atoms with Crippen molar-refractivity contribution in [2.45, 2.75) is 45.1 Å². The van der Waals surface area contributed by atoms with Crippen molar-refractivity contribution in [3.8, 4) is 5.75 Å². The Hall–Kier alpha value is -2.29. The van der Waals surface area contributed by atoms with Gasteiger partial charge in [-0.3, -0.25) is 4.79 Å². The van der Waals surface area contributed by atoms with Gasteiger partial charge in [0.25, 0.3) is 0 Å². The van der Waals surface area contributed by atoms with E-state index in [2.05, 4.69) is 13.8 Å². The van der Waals surface area contributed by atoms with E-state index in [1.807, 2.05) is 54.6 Å². The van der Waals surface area contributed by atoms with Crippen molar-refractivity contribution in [3.63, 3.8) is 0 Å². The van der Waals surface area contributed by atoms with Gasteiger partial charge in [-0.05, 0) is 36.1 Å². The molecule has 0 saturated heterocycles. The number of benzene rings is 2. The van der Waals surface area contributed by atoms with Crippen LogP contribution in [0.4, 0.5) is 0 Å². The number of carboxylic acid groups (broad SMARTS) is 1. The summed E-state index contributed by atoms with van der Waals surface area (Å²) >= 11 is 0. The highest BCUT2D eigenvalue weighted by molar-refractivity contribution is 5.69. The number of rotatable bonds is 8. The molecule has 0 aliphatic carbocycles. The summed E-state index contributed by atoms with van der Waals surface area (Å²) in [7, 11) is 0. The van der Waals surface area contributed by atoms with Gasteiger partial charge in [0, 0.05) is 5.92 Å². The number of carbonyl (C=O) groups is 1. The summed E-state index contributed by atoms with van der Waals surface area (Å²) in [4.78, 5) is 11.2. The molecule has 3 nitrogen and oxygen atoms in total. The minimum atomic E-state index is -0.795. The number of ether oxygens (including phenoxy) is 1. The highest BCUT2D eigenvalue weighted by Gasteiger charge is 2.18. The van der Waals surface area contributed by atoms with Crippen LogP contribution in [0.3, 0.4) is 0 Å². The molecule has 0 heterocycles. The third-order valence-electron chi connectivity index (χ3n) is 4.08. The lowest BCUT2D eigenvalue weighted by Gasteiger charge is -2.18. The van der Waals surface area contributed by atoms with Gasteiger partial charge in [-0.25, -0.2) is 0 Å². The van der Waals surface area contributed by atoms with Crippen LogP contribution in [0.2, 0.25) is 0 Å². The van der Waals surface area contributed by atoms with E-state index in [1.54, 1.807) is 0 Å². The Bertz CT molecular complexity index is 601. The molecular weight excluding hydrogens is 288 g/mol. The smallest absolute Gasteiger partial charge is 0.304 e. The van der Waals surface area contributed by atoms with Crippen molar-refractivity contribution in [1.82, 2.24) is 0 Å². The lowest BCUT2D eigenvalue weighted by atomic mass is 9.88. The highest BCUT2D eigenvalue weighted by Crippen LogP contribution is 2.29. The molecule has 0 fully saturated rings. The van der Waals surface area contributed by atoms with Gasteiger partial charge in [-0.15, -0.1) is 0 Å². The van der Waals surface area contributed by atoms with Gasteiger partial charge < -0.3 is 9.84 Å². The van der Waals surface area contributed by atoms with E-state index in [4.69, 9.17) is 4.74 Å². The van der Waals surface area contributed by atoms with Crippen LogP contribution in [0.15, 0.2) is 54.6 Å². The van der Waals surface area contributed by atoms with E-state index >= 15 is 0 Å². The summed E-state index contributed by atoms with van der Waals surface area (Å²) in [5.41, 5.74) is 2.01. The fraction of sp³-hybridized carbons (Fsp3) is 0.350. The number of hydrogen-bond donors (Lipinski definition) is 1. The fourth-order valence-corrected chi connectivity index (χ4v) is 2.71. The molecule has 1 unspecified atom stereocenters. The molecule has 0 radical (unpaired) electrons. The summed E-state index contributed by atoms with van der Waals surface area (Å²) in [6.07, 6.45) is 2.26. The summed E-state index contributed by atoms with van der Waals surface area (Å²) < 4.78 is 5.92. The van der Waals surface area contributed by atoms with Crippen LogP contribution in [-0.4, -0.2) is 17.2 Å². The quantitative estimate of drug-likeness (QED) is 0.757. The van der Waals surface area contributed by atoms with Crippen molar-refractivity contribution in [2.24, 2.45) is 0 Å². The molecule has 2 aromatic carbocycles. The van der Waals surface area contributed by atoms with Crippen molar-refractivity contribution in [1.29, 1.82) is 0 Å². The van der Waals surface area contributed by atoms with Crippen molar-refractivity contribution < 1.29 is 14.6 Å². The van der Waals surface area contributed by atoms with Crippen LogP contribution in [0, 0.1) is 0 Å². The molecule has 122 valence electrons. The third-order valence-corrected chi connectivity index (χ3v) is 4.08. The molecule has 0 aliphatic rings. The summed E-state index contributed by atoms with van der Waals surface area (Å²) in [6.45, 7) is 4.22. The Balaban J connectivity index is 2.21. The molecule has 2 rings (SSSR count). The molecule has 23 heavy (non-hydrogen) atoms. The fourth-order valence-electron chi connectivity index (χ4n) is 2.71. The highest BCUT2D eigenvalue weighted by atomic mass is 16.5. The molecule has 1 atom stereocenters. The van der Waals surface area contributed by atoms with Gasteiger partial charge in [0.2, 0.25) is 0 Å². The standard InChI is InChI=1S/C20H24O3/c1-3-17(4-2)23-18-12-10-16(11-13-18)19(14-20(21)22)15-8-6-5-7-9-15/h5-13,17,19H,3-4,14H2,1-2H3,(H,21,22). The van der Waals surface area contributed by atoms with Crippen LogP contribution >= 0.6 is 0 Å². The van der Waals surface area contributed by atoms with E-state index in [-0.39, 0.29) is 18.4 Å². The predicted octanol–water partition coefficient (Wildman–Crippen LogP) is 4.86. The first-order valence-corrected chi connectivity index (χ1v) is 8.17. The van der Waals surface area contributed by atoms with E-state index < -0.39 is 5.97 Å². The normalized spacial score (nSPS) is 12.1. The monoisotopic (exact) mass is 312 g/mol. The third kappa shape index (κ3) is 4.85. The summed E-state index contributed by atoms with van der Waals surface area (Å²) in [5.74, 6) is -0.100. The zero-order chi connectivity index (χ0) is 16.7. The number of hydrogen-bond acceptors (Lipinski definition) is 2. The topological polar surface area (TPSA) is 46.5 Å². The van der Waals surface area contributed by atoms with Gasteiger partial charge in [-0.1, -0.05) is 56.3 Å². The van der Waals surface area contributed by atoms with E-state index in [1.165, 1.54) is 0 Å². The zero-order valence-electron chi connectivity index (χ0n) is 13.7. The van der Waals surface area contributed by atoms with Crippen LogP contribution in [0.5, 0.6) is 5.75 Å². The van der Waals surface area contributed by atoms with Crippen LogP contribution in [0.25, 0.3) is 0 Å². The molecule has 3 heteroatoms. The second kappa shape index (κ2) is 8.37. The van der Waals surface area contributed by atoms with Crippen molar-refractivity contribution in [3.05, 3.63) is 65.7 Å². The van der Waals surface area contributed by atoms with Gasteiger partial charge >= 0.3 is 5.97 Å². The molecule has 1 N–H and O–H groups in total. The Morgan fingerprint density at radius 2 is 1.52 bits per heavy atom. The molecule has 0 spiro atoms. The maximum Gasteiger partial charge on any atom is 0.304 e. The van der Waals surface area contributed by atoms with Gasteiger partial charge in [0.1, 0.15) is 5.75 Å². The summed E-state index contributed by atoms with van der Waals surface area (Å²) in [6, 6.07) is 17.6. The first-order chi connectivity index (χ1) is 11.1. The average molecular weight is 312 g/mol. The van der Waals surface area contributed by atoms with E-state index in [0.29, 0.717) is 0 Å². The molecule has 0 aliphatic heterocycles. The average Bonchev–Trinajstić information content (AvgIpc) is 2.59. The summed E-state index contributed by atoms with van der Waals surface area (Å²) in [5, 5.41) is 9.22. The van der Waals surface area contributed by atoms with Gasteiger partial charge in [0.05, 0.1) is 12.5 Å². The van der Waals surface area contributed by atoms with Crippen molar-refractivity contribution >= 4 is 5.97 Å². The SMILES string of the molecule is CCC(CC)Oc1ccc(C(CC(=O)O)c2ccccc2)cc1. The van der Waals surface area contributed by atoms with Gasteiger partial charge in [0.15, 0.2) is 0 Å². The van der Waals surface area contributed by atoms with E-state index in [9.17, 15) is 9.90 Å². The largest absolute Gasteiger partial charge is 0.490 e. The molecule has 0 bridgehead atoms. The lowest BCUT2D eigenvalue weighted by molar-refractivity contribution is -0.137. The number of carboxylic acids is 1. The van der Waals surface area contributed by atoms with Crippen LogP contribution in [0.1, 0.15) is 50.2 Å². The minimum absolute atomic E-state index is 0.0801. The van der Waals surface area contributed by atoms with Crippen molar-refractivity contribution in [2.75, 3.05) is 0 Å². The van der Waals surface area contributed by atoms with Crippen LogP contribution < -0.4 is 4.74 Å². The molecule has 2 aromatic rings. The Kier molecular flexibility index (Phi) is 6.21. The Labute approximate surface area is 137 Å². The second-order valence-electron chi connectivity index (χ2n) is 5.69. The maximum absolute atomic E-state index is 11.2. The minimum Gasteiger partial charge on any atom is -0.490 e. The number of aliphatic carboxylic acids is 1. The second-order valence-corrected chi connectivity index (χ2v) is 5.69. The molecule has 0 saturated carbocycles. The van der Waals surface area contributed by atoms with E-state index in [0.717, 1.165) is 29.7 Å². The van der Waals surface area contributed by atoms with Crippen LogP contribution in [-0.2, 0) is 4.79 Å². The maximum atomic E-state index is 11.2. The molecular formula is C20H24O3. The first-order valence-electron chi connectivity index (χ1n) is 8.17. The molecule has 0 aromatic heterocycles. The first kappa shape index (κ1) is 17.1. The van der Waals surface area contributed by atoms with Gasteiger partial charge in [-0.2, -0.15) is 0 Å². The Morgan fingerprint density at radius 3 is 2.04 bits per heavy atom. The Morgan fingerprint density at radius 1 is 0.957 bits per heavy atom.